The van der Waals surface area contributed by atoms with Crippen molar-refractivity contribution < 1.29 is 14.3 Å². The molecule has 152 valence electrons. The van der Waals surface area contributed by atoms with Crippen LogP contribution in [0.25, 0.3) is 5.69 Å². The van der Waals surface area contributed by atoms with E-state index in [1.165, 1.54) is 0 Å². The average Bonchev–Trinajstić information content (AvgIpc) is 3.25. The van der Waals surface area contributed by atoms with Crippen molar-refractivity contribution in [2.45, 2.75) is 27.2 Å². The average molecular weight is 386 g/mol. The zero-order chi connectivity index (χ0) is 20.4. The van der Waals surface area contributed by atoms with E-state index in [1.54, 1.807) is 11.8 Å². The Hall–Kier alpha value is -2.60. The number of amides is 1. The predicted molar refractivity (Wildman–Crippen MR) is 111 cm³/mol. The summed E-state index contributed by atoms with van der Waals surface area (Å²) in [6, 6.07) is 11.5. The van der Waals surface area contributed by atoms with Crippen LogP contribution in [0.15, 0.2) is 48.8 Å². The second-order valence-corrected chi connectivity index (χ2v) is 6.51. The van der Waals surface area contributed by atoms with Crippen molar-refractivity contribution in [2.75, 3.05) is 39.3 Å². The van der Waals surface area contributed by atoms with Crippen LogP contribution in [-0.2, 0) is 9.53 Å². The van der Waals surface area contributed by atoms with Gasteiger partial charge in [0.2, 0.25) is 0 Å². The molecule has 0 unspecified atom stereocenters. The smallest absolute Gasteiger partial charge is 0.307 e. The van der Waals surface area contributed by atoms with Crippen LogP contribution in [-0.4, -0.2) is 65.6 Å². The number of carbonyl (C=O) groups excluding carboxylic acids is 2. The zero-order valence-electron chi connectivity index (χ0n) is 17.1. The van der Waals surface area contributed by atoms with Crippen molar-refractivity contribution in [2.24, 2.45) is 0 Å². The largest absolute Gasteiger partial charge is 0.466 e. The monoisotopic (exact) mass is 385 g/mol. The van der Waals surface area contributed by atoms with Crippen LogP contribution < -0.4 is 0 Å². The molecule has 0 aliphatic carbocycles. The molecule has 0 aliphatic heterocycles. The van der Waals surface area contributed by atoms with E-state index in [1.807, 2.05) is 53.4 Å². The van der Waals surface area contributed by atoms with Crippen molar-refractivity contribution in [1.29, 1.82) is 0 Å². The molecule has 1 heterocycles. The van der Waals surface area contributed by atoms with Crippen molar-refractivity contribution in [3.8, 4) is 5.69 Å². The highest BCUT2D eigenvalue weighted by Crippen LogP contribution is 2.12. The maximum Gasteiger partial charge on any atom is 0.307 e. The molecule has 28 heavy (non-hydrogen) atoms. The van der Waals surface area contributed by atoms with Gasteiger partial charge in [0.1, 0.15) is 0 Å². The molecule has 2 aromatic rings. The van der Waals surface area contributed by atoms with Gasteiger partial charge in [-0.2, -0.15) is 0 Å². The first-order valence-electron chi connectivity index (χ1n) is 9.99. The third-order valence-electron chi connectivity index (χ3n) is 4.78. The lowest BCUT2D eigenvalue weighted by atomic mass is 10.1. The number of nitrogens with zero attached hydrogens (tertiary/aromatic N) is 3. The van der Waals surface area contributed by atoms with Gasteiger partial charge in [0.15, 0.2) is 0 Å². The lowest BCUT2D eigenvalue weighted by Crippen LogP contribution is -2.40. The summed E-state index contributed by atoms with van der Waals surface area (Å²) in [7, 11) is 0. The summed E-state index contributed by atoms with van der Waals surface area (Å²) in [6.07, 6.45) is 4.14. The van der Waals surface area contributed by atoms with Gasteiger partial charge in [0, 0.05) is 43.3 Å². The van der Waals surface area contributed by atoms with Crippen LogP contribution in [0.5, 0.6) is 0 Å². The first-order valence-corrected chi connectivity index (χ1v) is 9.99. The molecule has 0 radical (unpaired) electrons. The number of hydrogen-bond acceptors (Lipinski definition) is 4. The fraction of sp³-hybridized carbons (Fsp3) is 0.455. The van der Waals surface area contributed by atoms with Gasteiger partial charge in [-0.3, -0.25) is 9.59 Å². The lowest BCUT2D eigenvalue weighted by Gasteiger charge is -2.26. The van der Waals surface area contributed by atoms with Crippen LogP contribution in [0.1, 0.15) is 37.6 Å². The van der Waals surface area contributed by atoms with Gasteiger partial charge >= 0.3 is 5.97 Å². The number of esters is 1. The van der Waals surface area contributed by atoms with Crippen LogP contribution >= 0.6 is 0 Å². The fourth-order valence-electron chi connectivity index (χ4n) is 3.04. The van der Waals surface area contributed by atoms with Gasteiger partial charge in [0.05, 0.1) is 13.0 Å². The standard InChI is InChI=1S/C22H31N3O3/c1-4-23(5-2)17-18-25(16-13-21(26)28-6-3)22(27)19-9-11-20(12-10-19)24-14-7-8-15-24/h7-12,14-15H,4-6,13,16-18H2,1-3H3. The molecule has 0 saturated carbocycles. The summed E-state index contributed by atoms with van der Waals surface area (Å²) in [6.45, 7) is 9.94. The number of carbonyl (C=O) groups is 2. The highest BCUT2D eigenvalue weighted by atomic mass is 16.5. The molecule has 0 saturated heterocycles. The number of benzene rings is 1. The van der Waals surface area contributed by atoms with E-state index in [2.05, 4.69) is 18.7 Å². The van der Waals surface area contributed by atoms with Crippen LogP contribution in [0.4, 0.5) is 0 Å². The molecule has 0 N–H and O–H groups in total. The summed E-state index contributed by atoms with van der Waals surface area (Å²) in [5.41, 5.74) is 1.63. The number of aromatic nitrogens is 1. The van der Waals surface area contributed by atoms with Crippen LogP contribution in [0.3, 0.4) is 0 Å². The highest BCUT2D eigenvalue weighted by molar-refractivity contribution is 5.94. The third-order valence-corrected chi connectivity index (χ3v) is 4.78. The maximum atomic E-state index is 13.1. The summed E-state index contributed by atoms with van der Waals surface area (Å²) in [4.78, 5) is 28.8. The molecular formula is C22H31N3O3. The summed E-state index contributed by atoms with van der Waals surface area (Å²) in [5.74, 6) is -0.332. The Morgan fingerprint density at radius 3 is 2.14 bits per heavy atom. The maximum absolute atomic E-state index is 13.1. The van der Waals surface area contributed by atoms with E-state index in [-0.39, 0.29) is 18.3 Å². The van der Waals surface area contributed by atoms with Crippen molar-refractivity contribution >= 4 is 11.9 Å². The number of likely N-dealkylation sites (N-methyl/N-ethyl adjacent to an activating group) is 1. The summed E-state index contributed by atoms with van der Waals surface area (Å²) >= 11 is 0. The Kier molecular flexibility index (Phi) is 8.75. The van der Waals surface area contributed by atoms with Gasteiger partial charge in [0.25, 0.3) is 5.91 Å². The van der Waals surface area contributed by atoms with E-state index >= 15 is 0 Å². The Morgan fingerprint density at radius 2 is 1.57 bits per heavy atom. The normalized spacial score (nSPS) is 10.9. The molecule has 1 aromatic carbocycles. The minimum absolute atomic E-state index is 0.0597. The Balaban J connectivity index is 2.08. The van der Waals surface area contributed by atoms with Gasteiger partial charge in [-0.05, 0) is 56.4 Å². The van der Waals surface area contributed by atoms with Crippen LogP contribution in [0, 0.1) is 0 Å². The Morgan fingerprint density at radius 1 is 0.929 bits per heavy atom. The number of rotatable bonds is 11. The third kappa shape index (κ3) is 6.23. The van der Waals surface area contributed by atoms with E-state index in [9.17, 15) is 9.59 Å². The minimum atomic E-state index is -0.272. The van der Waals surface area contributed by atoms with E-state index in [0.717, 1.165) is 25.3 Å². The Labute approximate surface area is 167 Å². The molecule has 6 heteroatoms. The fourth-order valence-corrected chi connectivity index (χ4v) is 3.04. The predicted octanol–water partition coefficient (Wildman–Crippen LogP) is 3.21. The molecule has 0 aliphatic rings. The van der Waals surface area contributed by atoms with E-state index in [0.29, 0.717) is 25.3 Å². The highest BCUT2D eigenvalue weighted by Gasteiger charge is 2.18. The first kappa shape index (κ1) is 21.7. The SMILES string of the molecule is CCOC(=O)CCN(CCN(CC)CC)C(=O)c1ccc(-n2cccc2)cc1. The topological polar surface area (TPSA) is 54.8 Å². The molecular weight excluding hydrogens is 354 g/mol. The van der Waals surface area contributed by atoms with E-state index < -0.39 is 0 Å². The van der Waals surface area contributed by atoms with E-state index in [4.69, 9.17) is 4.74 Å². The van der Waals surface area contributed by atoms with Gasteiger partial charge in [-0.25, -0.2) is 0 Å². The molecule has 0 atom stereocenters. The molecule has 0 bridgehead atoms. The molecule has 0 spiro atoms. The molecule has 0 fully saturated rings. The summed E-state index contributed by atoms with van der Waals surface area (Å²) in [5, 5.41) is 0. The molecule has 6 nitrogen and oxygen atoms in total. The molecule has 1 aromatic heterocycles. The second-order valence-electron chi connectivity index (χ2n) is 6.51. The van der Waals surface area contributed by atoms with Crippen molar-refractivity contribution in [3.05, 3.63) is 54.4 Å². The van der Waals surface area contributed by atoms with Gasteiger partial charge in [-0.1, -0.05) is 13.8 Å². The second kappa shape index (κ2) is 11.3. The number of hydrogen-bond donors (Lipinski definition) is 0. The Bertz CT molecular complexity index is 722. The zero-order valence-corrected chi connectivity index (χ0v) is 17.1. The lowest BCUT2D eigenvalue weighted by molar-refractivity contribution is -0.143. The van der Waals surface area contributed by atoms with Crippen LogP contribution in [0.2, 0.25) is 0 Å². The quantitative estimate of drug-likeness (QED) is 0.558. The van der Waals surface area contributed by atoms with Crippen molar-refractivity contribution in [3.63, 3.8) is 0 Å². The number of ether oxygens (including phenoxy) is 1. The summed E-state index contributed by atoms with van der Waals surface area (Å²) < 4.78 is 7.01. The van der Waals surface area contributed by atoms with Crippen molar-refractivity contribution in [1.82, 2.24) is 14.4 Å². The molecule has 1 amide bonds. The van der Waals surface area contributed by atoms with Gasteiger partial charge in [-0.15, -0.1) is 0 Å². The van der Waals surface area contributed by atoms with Gasteiger partial charge < -0.3 is 19.1 Å². The first-order chi connectivity index (χ1) is 13.6. The molecule has 2 rings (SSSR count). The minimum Gasteiger partial charge on any atom is -0.466 e.